The lowest BCUT2D eigenvalue weighted by Crippen LogP contribution is -2.52. The average Bonchev–Trinajstić information content (AvgIpc) is 3.25. The number of amides is 2. The zero-order chi connectivity index (χ0) is 25.9. The van der Waals surface area contributed by atoms with Crippen molar-refractivity contribution in [3.63, 3.8) is 0 Å². The molecule has 0 aliphatic carbocycles. The van der Waals surface area contributed by atoms with Gasteiger partial charge in [-0.2, -0.15) is 4.31 Å². The van der Waals surface area contributed by atoms with E-state index in [1.807, 2.05) is 30.3 Å². The van der Waals surface area contributed by atoms with Crippen molar-refractivity contribution >= 4 is 45.3 Å². The van der Waals surface area contributed by atoms with Crippen molar-refractivity contribution in [3.05, 3.63) is 59.1 Å². The number of rotatable bonds is 7. The summed E-state index contributed by atoms with van der Waals surface area (Å²) in [5.41, 5.74) is 1.14. The molecule has 2 aromatic rings. The summed E-state index contributed by atoms with van der Waals surface area (Å²) in [7, 11) is -3.85. The van der Waals surface area contributed by atoms with Gasteiger partial charge in [-0.05, 0) is 36.6 Å². The van der Waals surface area contributed by atoms with Crippen LogP contribution >= 0.6 is 11.6 Å². The van der Waals surface area contributed by atoms with Gasteiger partial charge in [-0.3, -0.25) is 9.69 Å². The third kappa shape index (κ3) is 5.63. The smallest absolute Gasteiger partial charge is 0.410 e. The number of esters is 1. The number of hydrogen-bond acceptors (Lipinski definition) is 7. The van der Waals surface area contributed by atoms with Crippen LogP contribution in [-0.2, 0) is 35.7 Å². The molecule has 192 valence electrons. The Labute approximate surface area is 214 Å². The number of ether oxygens (including phenoxy) is 2. The number of nitrogens with zero attached hydrogens (tertiary/aromatic N) is 2. The van der Waals surface area contributed by atoms with E-state index in [0.717, 1.165) is 5.56 Å². The lowest BCUT2D eigenvalue weighted by Gasteiger charge is -2.36. The Bertz CT molecular complexity index is 1250. The minimum Gasteiger partial charge on any atom is -0.459 e. The molecule has 2 amide bonds. The zero-order valence-electron chi connectivity index (χ0n) is 19.6. The van der Waals surface area contributed by atoms with Gasteiger partial charge in [0.25, 0.3) is 0 Å². The molecule has 2 saturated heterocycles. The average molecular weight is 536 g/mol. The maximum atomic E-state index is 13.2. The summed E-state index contributed by atoms with van der Waals surface area (Å²) in [6.45, 7) is 1.60. The van der Waals surface area contributed by atoms with Gasteiger partial charge in [-0.15, -0.1) is 0 Å². The lowest BCUT2D eigenvalue weighted by atomic mass is 10.0. The molecule has 2 aliphatic heterocycles. The molecule has 0 bridgehead atoms. The number of carbonyl (C=O) groups excluding carboxylic acids is 3. The van der Waals surface area contributed by atoms with Gasteiger partial charge in [0.1, 0.15) is 13.2 Å². The van der Waals surface area contributed by atoms with E-state index in [0.29, 0.717) is 18.5 Å². The first-order chi connectivity index (χ1) is 17.2. The van der Waals surface area contributed by atoms with Gasteiger partial charge in [-0.25, -0.2) is 18.0 Å². The predicted molar refractivity (Wildman–Crippen MR) is 131 cm³/mol. The Balaban J connectivity index is 1.39. The first-order valence-corrected chi connectivity index (χ1v) is 13.2. The maximum absolute atomic E-state index is 13.2. The zero-order valence-corrected chi connectivity index (χ0v) is 21.1. The predicted octanol–water partition coefficient (Wildman–Crippen LogP) is 3.02. The van der Waals surface area contributed by atoms with Crippen LogP contribution in [0.25, 0.3) is 0 Å². The van der Waals surface area contributed by atoms with Gasteiger partial charge in [0.2, 0.25) is 15.9 Å². The first kappa shape index (κ1) is 25.9. The van der Waals surface area contributed by atoms with Crippen molar-refractivity contribution in [2.24, 2.45) is 0 Å². The van der Waals surface area contributed by atoms with Gasteiger partial charge in [0.15, 0.2) is 6.04 Å². The fraction of sp³-hybridized carbons (Fsp3) is 0.375. The fourth-order valence-electron chi connectivity index (χ4n) is 4.30. The molecule has 4 rings (SSSR count). The van der Waals surface area contributed by atoms with Gasteiger partial charge in [-0.1, -0.05) is 41.9 Å². The third-order valence-electron chi connectivity index (χ3n) is 6.11. The van der Waals surface area contributed by atoms with Crippen molar-refractivity contribution in [2.45, 2.75) is 43.4 Å². The van der Waals surface area contributed by atoms with Crippen LogP contribution in [0, 0.1) is 0 Å². The molecule has 12 heteroatoms. The van der Waals surface area contributed by atoms with Crippen molar-refractivity contribution in [3.8, 4) is 0 Å². The number of cyclic esters (lactones) is 1. The molecule has 0 radical (unpaired) electrons. The monoisotopic (exact) mass is 535 g/mol. The van der Waals surface area contributed by atoms with Gasteiger partial charge in [0.05, 0.1) is 15.6 Å². The number of sulfonamides is 1. The number of nitrogens with one attached hydrogen (secondary N) is 1. The van der Waals surface area contributed by atoms with E-state index in [1.54, 1.807) is 0 Å². The van der Waals surface area contributed by atoms with Crippen LogP contribution < -0.4 is 5.32 Å². The second kappa shape index (κ2) is 10.9. The van der Waals surface area contributed by atoms with Crippen LogP contribution in [0.15, 0.2) is 53.4 Å². The number of benzene rings is 2. The Morgan fingerprint density at radius 1 is 1.14 bits per heavy atom. The van der Waals surface area contributed by atoms with E-state index in [9.17, 15) is 22.8 Å². The van der Waals surface area contributed by atoms with Crippen molar-refractivity contribution in [1.29, 1.82) is 0 Å². The van der Waals surface area contributed by atoms with Crippen molar-refractivity contribution < 1.29 is 32.3 Å². The maximum Gasteiger partial charge on any atom is 0.410 e. The Morgan fingerprint density at radius 3 is 2.47 bits per heavy atom. The highest BCUT2D eigenvalue weighted by atomic mass is 35.5. The molecule has 2 aromatic carbocycles. The summed E-state index contributed by atoms with van der Waals surface area (Å²) < 4.78 is 38.2. The van der Waals surface area contributed by atoms with Crippen LogP contribution in [-0.4, -0.2) is 67.4 Å². The lowest BCUT2D eigenvalue weighted by molar-refractivity contribution is -0.150. The SMILES string of the molecule is CC(=O)Nc1ccc(S(=O)(=O)N2CCC(N3C(=O)OCC3C(=O)OCc3ccccc3)CC2)cc1Cl. The number of piperidine rings is 1. The number of anilines is 1. The molecule has 1 atom stereocenters. The largest absolute Gasteiger partial charge is 0.459 e. The molecule has 0 spiro atoms. The van der Waals surface area contributed by atoms with Crippen LogP contribution in [0.4, 0.5) is 10.5 Å². The molecular formula is C24H26ClN3O7S. The molecule has 2 aliphatic rings. The molecule has 1 unspecified atom stereocenters. The summed E-state index contributed by atoms with van der Waals surface area (Å²) in [6, 6.07) is 12.1. The highest BCUT2D eigenvalue weighted by Crippen LogP contribution is 2.30. The van der Waals surface area contributed by atoms with Gasteiger partial charge in [0, 0.05) is 26.1 Å². The van der Waals surface area contributed by atoms with E-state index >= 15 is 0 Å². The fourth-order valence-corrected chi connectivity index (χ4v) is 6.09. The standard InChI is InChI=1S/C24H26ClN3O7S/c1-16(29)26-21-8-7-19(13-20(21)25)36(32,33)27-11-9-18(10-12-27)28-22(15-35-24(28)31)23(30)34-14-17-5-3-2-4-6-17/h2-8,13,18,22H,9-12,14-15H2,1H3,(H,26,29). The Morgan fingerprint density at radius 2 is 1.83 bits per heavy atom. The molecular weight excluding hydrogens is 510 g/mol. The first-order valence-electron chi connectivity index (χ1n) is 11.4. The van der Waals surface area contributed by atoms with Gasteiger partial charge >= 0.3 is 12.1 Å². The molecule has 1 N–H and O–H groups in total. The topological polar surface area (TPSA) is 122 Å². The minimum atomic E-state index is -3.85. The van der Waals surface area contributed by atoms with Crippen LogP contribution in [0.2, 0.25) is 5.02 Å². The van der Waals surface area contributed by atoms with Crippen LogP contribution in [0.1, 0.15) is 25.3 Å². The van der Waals surface area contributed by atoms with E-state index in [1.165, 1.54) is 34.3 Å². The summed E-state index contributed by atoms with van der Waals surface area (Å²) in [5, 5.41) is 2.65. The summed E-state index contributed by atoms with van der Waals surface area (Å²) >= 11 is 6.15. The second-order valence-electron chi connectivity index (χ2n) is 8.55. The van der Waals surface area contributed by atoms with E-state index in [-0.39, 0.29) is 48.2 Å². The Kier molecular flexibility index (Phi) is 7.82. The van der Waals surface area contributed by atoms with Crippen molar-refractivity contribution in [2.75, 3.05) is 25.0 Å². The second-order valence-corrected chi connectivity index (χ2v) is 10.9. The summed E-state index contributed by atoms with van der Waals surface area (Å²) in [5.74, 6) is -0.883. The molecule has 2 heterocycles. The van der Waals surface area contributed by atoms with E-state index in [2.05, 4.69) is 5.32 Å². The highest BCUT2D eigenvalue weighted by molar-refractivity contribution is 7.89. The summed E-state index contributed by atoms with van der Waals surface area (Å²) in [4.78, 5) is 37.8. The quantitative estimate of drug-likeness (QED) is 0.541. The van der Waals surface area contributed by atoms with E-state index in [4.69, 9.17) is 21.1 Å². The molecule has 2 fully saturated rings. The Hall–Kier alpha value is -3.15. The van der Waals surface area contributed by atoms with Crippen LogP contribution in [0.5, 0.6) is 0 Å². The summed E-state index contributed by atoms with van der Waals surface area (Å²) in [6.07, 6.45) is 0.0431. The minimum absolute atomic E-state index is 0.00278. The van der Waals surface area contributed by atoms with E-state index < -0.39 is 28.1 Å². The number of halogens is 1. The van der Waals surface area contributed by atoms with Crippen LogP contribution in [0.3, 0.4) is 0 Å². The van der Waals surface area contributed by atoms with Gasteiger partial charge < -0.3 is 14.8 Å². The number of hydrogen-bond donors (Lipinski definition) is 1. The number of carbonyl (C=O) groups is 3. The molecule has 36 heavy (non-hydrogen) atoms. The molecule has 10 nitrogen and oxygen atoms in total. The third-order valence-corrected chi connectivity index (χ3v) is 8.32. The van der Waals surface area contributed by atoms with Crippen molar-refractivity contribution in [1.82, 2.24) is 9.21 Å². The highest BCUT2D eigenvalue weighted by Gasteiger charge is 2.45. The molecule has 0 aromatic heterocycles. The molecule has 0 saturated carbocycles. The normalized spacial score (nSPS) is 19.1.